The van der Waals surface area contributed by atoms with Crippen LogP contribution in [0.4, 0.5) is 5.69 Å². The number of likely N-dealkylation sites (N-methyl/N-ethyl adjacent to an activating group) is 1. The van der Waals surface area contributed by atoms with E-state index in [0.29, 0.717) is 0 Å². The zero-order chi connectivity index (χ0) is 15.5. The first kappa shape index (κ1) is 15.8. The Morgan fingerprint density at radius 3 is 2.48 bits per heavy atom. The van der Waals surface area contributed by atoms with Crippen LogP contribution in [0, 0.1) is 6.92 Å². The van der Waals surface area contributed by atoms with Gasteiger partial charge in [-0.05, 0) is 57.6 Å². The fourth-order valence-corrected chi connectivity index (χ4v) is 3.23. The van der Waals surface area contributed by atoms with Crippen molar-refractivity contribution in [2.45, 2.75) is 38.1 Å². The molecule has 0 heterocycles. The molecule has 2 rings (SSSR count). The lowest BCUT2D eigenvalue weighted by Gasteiger charge is -2.36. The molecule has 2 N–H and O–H groups in total. The number of amides is 1. The van der Waals surface area contributed by atoms with E-state index in [9.17, 15) is 4.79 Å². The number of carbonyl (C=O) groups is 1. The Morgan fingerprint density at radius 1 is 1.29 bits per heavy atom. The summed E-state index contributed by atoms with van der Waals surface area (Å²) in [5.41, 5.74) is 2.93. The van der Waals surface area contributed by atoms with Crippen molar-refractivity contribution < 1.29 is 4.79 Å². The van der Waals surface area contributed by atoms with Gasteiger partial charge < -0.3 is 15.5 Å². The largest absolute Gasteiger partial charge is 0.388 e. The normalized spacial score (nSPS) is 17.0. The maximum Gasteiger partial charge on any atom is 0.251 e. The van der Waals surface area contributed by atoms with Gasteiger partial charge >= 0.3 is 0 Å². The summed E-state index contributed by atoms with van der Waals surface area (Å²) in [5.74, 6) is 0.0308. The number of hydrogen-bond donors (Lipinski definition) is 2. The molecule has 116 valence electrons. The standard InChI is InChI=1S/C17H27N3O/c1-13-11-14(18-2)7-8-15(13)16(21)19-12-17(20(3)4)9-5-6-10-17/h7-8,11,18H,5-6,9-10,12H2,1-4H3,(H,19,21). The van der Waals surface area contributed by atoms with Crippen LogP contribution in [0.3, 0.4) is 0 Å². The Kier molecular flexibility index (Phi) is 4.88. The molecule has 0 aliphatic heterocycles. The third kappa shape index (κ3) is 3.38. The van der Waals surface area contributed by atoms with Gasteiger partial charge in [0.15, 0.2) is 0 Å². The molecule has 0 atom stereocenters. The van der Waals surface area contributed by atoms with E-state index >= 15 is 0 Å². The molecule has 1 aromatic rings. The number of carbonyl (C=O) groups excluding carboxylic acids is 1. The second-order valence-electron chi connectivity index (χ2n) is 6.29. The molecule has 1 aliphatic rings. The minimum atomic E-state index is 0.0308. The fraction of sp³-hybridized carbons (Fsp3) is 0.588. The van der Waals surface area contributed by atoms with E-state index in [1.165, 1.54) is 12.8 Å². The van der Waals surface area contributed by atoms with E-state index in [4.69, 9.17) is 0 Å². The average molecular weight is 289 g/mol. The van der Waals surface area contributed by atoms with E-state index in [-0.39, 0.29) is 11.4 Å². The molecular weight excluding hydrogens is 262 g/mol. The van der Waals surface area contributed by atoms with Gasteiger partial charge in [-0.3, -0.25) is 4.79 Å². The number of anilines is 1. The number of aryl methyl sites for hydroxylation is 1. The minimum Gasteiger partial charge on any atom is -0.388 e. The summed E-state index contributed by atoms with van der Waals surface area (Å²) >= 11 is 0. The predicted molar refractivity (Wildman–Crippen MR) is 87.9 cm³/mol. The highest BCUT2D eigenvalue weighted by atomic mass is 16.1. The number of hydrogen-bond acceptors (Lipinski definition) is 3. The van der Waals surface area contributed by atoms with Gasteiger partial charge in [-0.25, -0.2) is 0 Å². The van der Waals surface area contributed by atoms with E-state index < -0.39 is 0 Å². The maximum atomic E-state index is 12.4. The number of nitrogens with one attached hydrogen (secondary N) is 2. The Hall–Kier alpha value is -1.55. The molecule has 1 aliphatic carbocycles. The molecule has 1 amide bonds. The van der Waals surface area contributed by atoms with Crippen molar-refractivity contribution in [3.63, 3.8) is 0 Å². The first-order valence-electron chi connectivity index (χ1n) is 7.72. The Balaban J connectivity index is 2.04. The highest BCUT2D eigenvalue weighted by molar-refractivity contribution is 5.96. The molecule has 4 nitrogen and oxygen atoms in total. The van der Waals surface area contributed by atoms with E-state index in [1.54, 1.807) is 0 Å². The summed E-state index contributed by atoms with van der Waals surface area (Å²) in [6.07, 6.45) is 4.84. The second-order valence-corrected chi connectivity index (χ2v) is 6.29. The third-order valence-corrected chi connectivity index (χ3v) is 4.82. The number of nitrogens with zero attached hydrogens (tertiary/aromatic N) is 1. The van der Waals surface area contributed by atoms with Crippen LogP contribution in [0.1, 0.15) is 41.6 Å². The zero-order valence-corrected chi connectivity index (χ0v) is 13.6. The van der Waals surface area contributed by atoms with Crippen LogP contribution < -0.4 is 10.6 Å². The van der Waals surface area contributed by atoms with Crippen molar-refractivity contribution in [2.75, 3.05) is 33.0 Å². The fourth-order valence-electron chi connectivity index (χ4n) is 3.23. The monoisotopic (exact) mass is 289 g/mol. The van der Waals surface area contributed by atoms with Crippen LogP contribution in [0.2, 0.25) is 0 Å². The van der Waals surface area contributed by atoms with Gasteiger partial charge in [0, 0.05) is 30.4 Å². The lowest BCUT2D eigenvalue weighted by atomic mass is 9.95. The zero-order valence-electron chi connectivity index (χ0n) is 13.6. The van der Waals surface area contributed by atoms with Crippen molar-refractivity contribution >= 4 is 11.6 Å². The topological polar surface area (TPSA) is 44.4 Å². The molecule has 0 aromatic heterocycles. The molecule has 0 radical (unpaired) electrons. The van der Waals surface area contributed by atoms with Gasteiger partial charge in [0.05, 0.1) is 0 Å². The quantitative estimate of drug-likeness (QED) is 0.876. The van der Waals surface area contributed by atoms with Gasteiger partial charge in [-0.1, -0.05) is 12.8 Å². The summed E-state index contributed by atoms with van der Waals surface area (Å²) in [5, 5.41) is 6.23. The van der Waals surface area contributed by atoms with Crippen LogP contribution in [0.15, 0.2) is 18.2 Å². The van der Waals surface area contributed by atoms with Gasteiger partial charge in [-0.2, -0.15) is 0 Å². The lowest BCUT2D eigenvalue weighted by molar-refractivity contribution is 0.0899. The first-order valence-corrected chi connectivity index (χ1v) is 7.72. The molecule has 21 heavy (non-hydrogen) atoms. The van der Waals surface area contributed by atoms with Crippen molar-refractivity contribution in [1.29, 1.82) is 0 Å². The van der Waals surface area contributed by atoms with Crippen LogP contribution in [0.5, 0.6) is 0 Å². The molecule has 0 saturated heterocycles. The van der Waals surface area contributed by atoms with Gasteiger partial charge in [-0.15, -0.1) is 0 Å². The molecule has 1 fully saturated rings. The third-order valence-electron chi connectivity index (χ3n) is 4.82. The van der Waals surface area contributed by atoms with Crippen LogP contribution in [0.25, 0.3) is 0 Å². The van der Waals surface area contributed by atoms with E-state index in [2.05, 4.69) is 29.6 Å². The molecule has 1 aromatic carbocycles. The van der Waals surface area contributed by atoms with Crippen molar-refractivity contribution in [3.8, 4) is 0 Å². The van der Waals surface area contributed by atoms with Crippen molar-refractivity contribution in [1.82, 2.24) is 10.2 Å². The van der Waals surface area contributed by atoms with Crippen LogP contribution >= 0.6 is 0 Å². The Morgan fingerprint density at radius 2 is 1.95 bits per heavy atom. The number of benzene rings is 1. The molecule has 0 unspecified atom stereocenters. The molecule has 4 heteroatoms. The predicted octanol–water partition coefficient (Wildman–Crippen LogP) is 2.64. The highest BCUT2D eigenvalue weighted by Crippen LogP contribution is 2.33. The van der Waals surface area contributed by atoms with Crippen LogP contribution in [-0.4, -0.2) is 44.0 Å². The lowest BCUT2D eigenvalue weighted by Crippen LogP contribution is -2.50. The smallest absolute Gasteiger partial charge is 0.251 e. The Bertz CT molecular complexity index is 505. The summed E-state index contributed by atoms with van der Waals surface area (Å²) in [7, 11) is 6.12. The molecule has 0 spiro atoms. The second kappa shape index (κ2) is 6.48. The highest BCUT2D eigenvalue weighted by Gasteiger charge is 2.36. The SMILES string of the molecule is CNc1ccc(C(=O)NCC2(N(C)C)CCCC2)c(C)c1. The van der Waals surface area contributed by atoms with Gasteiger partial charge in [0.1, 0.15) is 0 Å². The summed E-state index contributed by atoms with van der Waals surface area (Å²) in [6.45, 7) is 2.71. The van der Waals surface area contributed by atoms with E-state index in [0.717, 1.165) is 36.2 Å². The average Bonchev–Trinajstić information content (AvgIpc) is 2.94. The van der Waals surface area contributed by atoms with Crippen molar-refractivity contribution in [3.05, 3.63) is 29.3 Å². The minimum absolute atomic E-state index is 0.0308. The molecule has 0 bridgehead atoms. The summed E-state index contributed by atoms with van der Waals surface area (Å²) in [6, 6.07) is 5.85. The number of rotatable bonds is 5. The molecular formula is C17H27N3O. The maximum absolute atomic E-state index is 12.4. The summed E-state index contributed by atoms with van der Waals surface area (Å²) < 4.78 is 0. The van der Waals surface area contributed by atoms with Gasteiger partial charge in [0.2, 0.25) is 0 Å². The molecule has 1 saturated carbocycles. The van der Waals surface area contributed by atoms with Crippen LogP contribution in [-0.2, 0) is 0 Å². The summed E-state index contributed by atoms with van der Waals surface area (Å²) in [4.78, 5) is 14.7. The first-order chi connectivity index (χ1) is 9.98. The van der Waals surface area contributed by atoms with E-state index in [1.807, 2.05) is 32.2 Å². The Labute approximate surface area is 127 Å². The van der Waals surface area contributed by atoms with Gasteiger partial charge in [0.25, 0.3) is 5.91 Å². The van der Waals surface area contributed by atoms with Crippen molar-refractivity contribution in [2.24, 2.45) is 0 Å².